The molecule has 0 bridgehead atoms. The first-order valence-electron chi connectivity index (χ1n) is 12.0. The fourth-order valence-corrected chi connectivity index (χ4v) is 3.75. The molecule has 34 heavy (non-hydrogen) atoms. The first kappa shape index (κ1) is 27.0. The van der Waals surface area contributed by atoms with Crippen molar-refractivity contribution in [1.29, 1.82) is 0 Å². The molecule has 0 saturated carbocycles. The van der Waals surface area contributed by atoms with Crippen LogP contribution in [0, 0.1) is 0 Å². The van der Waals surface area contributed by atoms with E-state index in [9.17, 15) is 14.4 Å². The smallest absolute Gasteiger partial charge is 0.287 e. The highest BCUT2D eigenvalue weighted by Crippen LogP contribution is 2.16. The van der Waals surface area contributed by atoms with E-state index in [1.54, 1.807) is 12.1 Å². The highest BCUT2D eigenvalue weighted by Gasteiger charge is 2.25. The van der Waals surface area contributed by atoms with Gasteiger partial charge < -0.3 is 11.1 Å². The maximum Gasteiger partial charge on any atom is 0.287 e. The second-order valence-corrected chi connectivity index (χ2v) is 8.72. The molecule has 0 saturated heterocycles. The lowest BCUT2D eigenvalue weighted by Gasteiger charge is -2.24. The second-order valence-electron chi connectivity index (χ2n) is 8.72. The van der Waals surface area contributed by atoms with E-state index in [1.165, 1.54) is 5.56 Å². The molecule has 0 aliphatic rings. The Hall–Kier alpha value is -3.25. The molecule has 1 atom stereocenters. The summed E-state index contributed by atoms with van der Waals surface area (Å²) in [4.78, 5) is 38.9. The zero-order valence-corrected chi connectivity index (χ0v) is 20.7. The van der Waals surface area contributed by atoms with Gasteiger partial charge in [0.15, 0.2) is 0 Å². The van der Waals surface area contributed by atoms with E-state index in [1.807, 2.05) is 31.2 Å². The predicted molar refractivity (Wildman–Crippen MR) is 138 cm³/mol. The summed E-state index contributed by atoms with van der Waals surface area (Å²) in [5.41, 5.74) is 8.61. The molecule has 0 heterocycles. The lowest BCUT2D eigenvalue weighted by atomic mass is 10.0. The lowest BCUT2D eigenvalue weighted by molar-refractivity contribution is -0.137. The van der Waals surface area contributed by atoms with Gasteiger partial charge in [0, 0.05) is 18.2 Å². The normalized spacial score (nSPS) is 12.3. The first-order valence-corrected chi connectivity index (χ1v) is 12.0. The van der Waals surface area contributed by atoms with Crippen molar-refractivity contribution in [2.24, 2.45) is 5.73 Å². The molecule has 3 N–H and O–H groups in total. The molecule has 0 aliphatic heterocycles. The van der Waals surface area contributed by atoms with Gasteiger partial charge in [-0.25, -0.2) is 0 Å². The number of Topliss-reactive ketones (excluding diaryl/α,β-unsaturated/α-hetero) is 1. The van der Waals surface area contributed by atoms with Gasteiger partial charge in [0.25, 0.3) is 11.8 Å². The van der Waals surface area contributed by atoms with Crippen molar-refractivity contribution >= 4 is 29.7 Å². The summed E-state index contributed by atoms with van der Waals surface area (Å²) in [5, 5.41) is 2.70. The number of unbranched alkanes of at least 4 members (excludes halogenated alkanes) is 1. The molecule has 1 unspecified atom stereocenters. The van der Waals surface area contributed by atoms with Crippen LogP contribution in [0.15, 0.2) is 48.5 Å². The number of carbonyl (C=O) groups is 3. The summed E-state index contributed by atoms with van der Waals surface area (Å²) in [6.07, 6.45) is 5.76. The zero-order chi connectivity index (χ0) is 25.1. The summed E-state index contributed by atoms with van der Waals surface area (Å²) in [7, 11) is 0. The van der Waals surface area contributed by atoms with E-state index in [0.29, 0.717) is 24.4 Å². The van der Waals surface area contributed by atoms with Gasteiger partial charge in [-0.2, -0.15) is 0 Å². The van der Waals surface area contributed by atoms with Crippen molar-refractivity contribution in [3.63, 3.8) is 0 Å². The predicted octanol–water partition coefficient (Wildman–Crippen LogP) is 4.43. The standard InChI is InChI=1S/C28H37N3O3/c1-5-7-12-25(26(32)27(29)33)30-28(34)24-11-9-8-10-23(24)18-17-21-13-15-22(16-14-21)19-31(6-2)20(3)4/h8-11,13-18,20,25H,5-7,12,19H2,1-4H3,(H2,29,33)(H,30,34). The molecule has 6 nitrogen and oxygen atoms in total. The van der Waals surface area contributed by atoms with E-state index in [4.69, 9.17) is 5.73 Å². The number of hydrogen-bond donors (Lipinski definition) is 2. The van der Waals surface area contributed by atoms with E-state index >= 15 is 0 Å². The number of hydrogen-bond acceptors (Lipinski definition) is 4. The number of primary amides is 1. The molecule has 2 aromatic carbocycles. The van der Waals surface area contributed by atoms with Crippen molar-refractivity contribution in [3.05, 3.63) is 70.8 Å². The lowest BCUT2D eigenvalue weighted by Crippen LogP contribution is -2.46. The Labute approximate surface area is 203 Å². The Morgan fingerprint density at radius 3 is 2.26 bits per heavy atom. The SMILES string of the molecule is CCCCC(NC(=O)c1ccccc1C=Cc1ccc(CN(CC)C(C)C)cc1)C(=O)C(N)=O. The van der Waals surface area contributed by atoms with E-state index in [-0.39, 0.29) is 0 Å². The minimum atomic E-state index is -1.03. The summed E-state index contributed by atoms with van der Waals surface area (Å²) in [6, 6.07) is 15.1. The molecule has 2 amide bonds. The van der Waals surface area contributed by atoms with Crippen LogP contribution in [0.5, 0.6) is 0 Å². The number of nitrogens with zero attached hydrogens (tertiary/aromatic N) is 1. The third kappa shape index (κ3) is 7.96. The third-order valence-electron chi connectivity index (χ3n) is 5.87. The van der Waals surface area contributed by atoms with Crippen LogP contribution in [0.2, 0.25) is 0 Å². The molecule has 0 aliphatic carbocycles. The maximum atomic E-state index is 13.0. The van der Waals surface area contributed by atoms with Crippen molar-refractivity contribution in [2.45, 2.75) is 65.6 Å². The van der Waals surface area contributed by atoms with Gasteiger partial charge in [0.1, 0.15) is 0 Å². The van der Waals surface area contributed by atoms with Crippen LogP contribution in [0.1, 0.15) is 74.0 Å². The maximum absolute atomic E-state index is 13.0. The van der Waals surface area contributed by atoms with Gasteiger partial charge in [-0.1, -0.05) is 81.3 Å². The van der Waals surface area contributed by atoms with Crippen LogP contribution in [-0.2, 0) is 16.1 Å². The molecule has 0 radical (unpaired) electrons. The molecule has 2 aromatic rings. The highest BCUT2D eigenvalue weighted by molar-refractivity contribution is 6.38. The number of nitrogens with two attached hydrogens (primary N) is 1. The molecule has 2 rings (SSSR count). The van der Waals surface area contributed by atoms with Crippen LogP contribution in [0.3, 0.4) is 0 Å². The minimum Gasteiger partial charge on any atom is -0.363 e. The fourth-order valence-electron chi connectivity index (χ4n) is 3.75. The summed E-state index contributed by atoms with van der Waals surface area (Å²) < 4.78 is 0. The summed E-state index contributed by atoms with van der Waals surface area (Å²) in [5.74, 6) is -2.21. The van der Waals surface area contributed by atoms with E-state index in [2.05, 4.69) is 55.3 Å². The number of rotatable bonds is 13. The van der Waals surface area contributed by atoms with Gasteiger partial charge in [0.2, 0.25) is 5.78 Å². The van der Waals surface area contributed by atoms with Crippen molar-refractivity contribution in [2.75, 3.05) is 6.54 Å². The Morgan fingerprint density at radius 1 is 1.00 bits per heavy atom. The molecule has 0 spiro atoms. The molecular formula is C28H37N3O3. The van der Waals surface area contributed by atoms with Crippen LogP contribution in [-0.4, -0.2) is 41.1 Å². The minimum absolute atomic E-state index is 0.376. The quantitative estimate of drug-likeness (QED) is 0.339. The largest absolute Gasteiger partial charge is 0.363 e. The topological polar surface area (TPSA) is 92.5 Å². The van der Waals surface area contributed by atoms with Crippen LogP contribution < -0.4 is 11.1 Å². The zero-order valence-electron chi connectivity index (χ0n) is 20.7. The number of nitrogens with one attached hydrogen (secondary N) is 1. The molecule has 182 valence electrons. The van der Waals surface area contributed by atoms with Gasteiger partial charge in [-0.3, -0.25) is 19.3 Å². The average Bonchev–Trinajstić information content (AvgIpc) is 2.83. The Balaban J connectivity index is 2.15. The van der Waals surface area contributed by atoms with Crippen LogP contribution in [0.4, 0.5) is 0 Å². The number of ketones is 1. The van der Waals surface area contributed by atoms with Gasteiger partial charge in [-0.05, 0) is 49.6 Å². The Morgan fingerprint density at radius 2 is 1.68 bits per heavy atom. The van der Waals surface area contributed by atoms with E-state index < -0.39 is 23.6 Å². The van der Waals surface area contributed by atoms with Crippen LogP contribution >= 0.6 is 0 Å². The average molecular weight is 464 g/mol. The summed E-state index contributed by atoms with van der Waals surface area (Å²) in [6.45, 7) is 10.5. The number of carbonyl (C=O) groups excluding carboxylic acids is 3. The fraction of sp³-hybridized carbons (Fsp3) is 0.393. The van der Waals surface area contributed by atoms with Gasteiger partial charge in [-0.15, -0.1) is 0 Å². The van der Waals surface area contributed by atoms with Crippen LogP contribution in [0.25, 0.3) is 12.2 Å². The Kier molecular flexibility index (Phi) is 10.7. The highest BCUT2D eigenvalue weighted by atomic mass is 16.2. The monoisotopic (exact) mass is 463 g/mol. The molecule has 6 heteroatoms. The van der Waals surface area contributed by atoms with Crippen molar-refractivity contribution in [3.8, 4) is 0 Å². The second kappa shape index (κ2) is 13.5. The van der Waals surface area contributed by atoms with Crippen molar-refractivity contribution < 1.29 is 14.4 Å². The third-order valence-corrected chi connectivity index (χ3v) is 5.87. The number of benzene rings is 2. The first-order chi connectivity index (χ1) is 16.3. The molecular weight excluding hydrogens is 426 g/mol. The van der Waals surface area contributed by atoms with E-state index in [0.717, 1.165) is 30.6 Å². The molecule has 0 fully saturated rings. The summed E-state index contributed by atoms with van der Waals surface area (Å²) >= 11 is 0. The van der Waals surface area contributed by atoms with Gasteiger partial charge in [0.05, 0.1) is 6.04 Å². The Bertz CT molecular complexity index is 996. The van der Waals surface area contributed by atoms with Gasteiger partial charge >= 0.3 is 0 Å². The molecule has 0 aromatic heterocycles. The number of amides is 2. The van der Waals surface area contributed by atoms with Crippen molar-refractivity contribution in [1.82, 2.24) is 10.2 Å².